The molecule has 3 rings (SSSR count). The Bertz CT molecular complexity index is 1060. The second-order valence-electron chi connectivity index (χ2n) is 5.89. The van der Waals surface area contributed by atoms with Gasteiger partial charge < -0.3 is 10.5 Å². The predicted molar refractivity (Wildman–Crippen MR) is 103 cm³/mol. The van der Waals surface area contributed by atoms with Gasteiger partial charge in [-0.25, -0.2) is 8.42 Å². The molecule has 0 aliphatic heterocycles. The molecule has 3 aromatic rings. The highest BCUT2D eigenvalue weighted by atomic mass is 32.2. The third-order valence-corrected chi connectivity index (χ3v) is 5.25. The van der Waals surface area contributed by atoms with Crippen molar-refractivity contribution in [3.8, 4) is 11.5 Å². The first-order valence-corrected chi connectivity index (χ1v) is 9.60. The van der Waals surface area contributed by atoms with Crippen LogP contribution >= 0.6 is 0 Å². The van der Waals surface area contributed by atoms with Gasteiger partial charge in [0.2, 0.25) is 5.91 Å². The summed E-state index contributed by atoms with van der Waals surface area (Å²) in [6.07, 6.45) is 0. The van der Waals surface area contributed by atoms with E-state index in [-0.39, 0.29) is 10.5 Å². The lowest BCUT2D eigenvalue weighted by Crippen LogP contribution is -2.17. The molecule has 1 amide bonds. The maximum atomic E-state index is 12.6. The molecule has 0 saturated heterocycles. The van der Waals surface area contributed by atoms with E-state index in [1.165, 1.54) is 12.1 Å². The van der Waals surface area contributed by atoms with Crippen LogP contribution in [-0.4, -0.2) is 14.3 Å². The fraction of sp³-hybridized carbons (Fsp3) is 0.0500. The summed E-state index contributed by atoms with van der Waals surface area (Å²) in [5, 5.41) is 0. The number of para-hydroxylation sites is 1. The molecule has 0 fully saturated rings. The van der Waals surface area contributed by atoms with Gasteiger partial charge in [0.15, 0.2) is 0 Å². The second-order valence-corrected chi connectivity index (χ2v) is 7.57. The van der Waals surface area contributed by atoms with Crippen molar-refractivity contribution in [3.63, 3.8) is 0 Å². The van der Waals surface area contributed by atoms with Crippen molar-refractivity contribution < 1.29 is 17.9 Å². The van der Waals surface area contributed by atoms with Crippen LogP contribution in [0.25, 0.3) is 0 Å². The molecule has 0 aliphatic carbocycles. The number of hydrogen-bond donors (Lipinski definition) is 2. The van der Waals surface area contributed by atoms with Crippen LogP contribution in [-0.2, 0) is 10.0 Å². The number of nitrogens with one attached hydrogen (secondary N) is 1. The quantitative estimate of drug-likeness (QED) is 0.679. The highest BCUT2D eigenvalue weighted by Gasteiger charge is 2.17. The van der Waals surface area contributed by atoms with Gasteiger partial charge in [-0.2, -0.15) is 0 Å². The number of ether oxygens (including phenoxy) is 1. The lowest BCUT2D eigenvalue weighted by atomic mass is 10.1. The number of nitrogens with two attached hydrogens (primary N) is 1. The van der Waals surface area contributed by atoms with Crippen molar-refractivity contribution in [3.05, 3.63) is 83.9 Å². The zero-order valence-corrected chi connectivity index (χ0v) is 15.4. The molecule has 0 heterocycles. The minimum atomic E-state index is -3.86. The molecule has 0 spiro atoms. The SMILES string of the molecule is Cc1ccc(S(=O)(=O)Nc2ccc(Oc3ccccc3)cc2)cc1C(N)=O. The molecule has 3 aromatic carbocycles. The van der Waals surface area contributed by atoms with Crippen molar-refractivity contribution in [2.45, 2.75) is 11.8 Å². The maximum absolute atomic E-state index is 12.6. The van der Waals surface area contributed by atoms with E-state index in [4.69, 9.17) is 10.5 Å². The molecule has 138 valence electrons. The number of benzene rings is 3. The molecule has 7 heteroatoms. The van der Waals surface area contributed by atoms with E-state index < -0.39 is 15.9 Å². The first-order valence-electron chi connectivity index (χ1n) is 8.11. The summed E-state index contributed by atoms with van der Waals surface area (Å²) in [6, 6.07) is 20.0. The summed E-state index contributed by atoms with van der Waals surface area (Å²) in [5.41, 5.74) is 6.45. The number of amides is 1. The van der Waals surface area contributed by atoms with Crippen molar-refractivity contribution in [2.24, 2.45) is 5.73 Å². The Hall–Kier alpha value is -3.32. The molecule has 0 atom stereocenters. The van der Waals surface area contributed by atoms with Gasteiger partial charge in [-0.3, -0.25) is 9.52 Å². The van der Waals surface area contributed by atoms with Crippen molar-refractivity contribution in [1.82, 2.24) is 0 Å². The Morgan fingerprint density at radius 2 is 1.56 bits per heavy atom. The monoisotopic (exact) mass is 382 g/mol. The van der Waals surface area contributed by atoms with Gasteiger partial charge in [0, 0.05) is 11.3 Å². The molecule has 0 radical (unpaired) electrons. The lowest BCUT2D eigenvalue weighted by Gasteiger charge is -2.11. The van der Waals surface area contributed by atoms with Crippen LogP contribution in [0, 0.1) is 6.92 Å². The molecule has 0 unspecified atom stereocenters. The van der Waals surface area contributed by atoms with Gasteiger partial charge in [-0.05, 0) is 61.0 Å². The normalized spacial score (nSPS) is 11.0. The van der Waals surface area contributed by atoms with Crippen LogP contribution in [0.5, 0.6) is 11.5 Å². The highest BCUT2D eigenvalue weighted by Crippen LogP contribution is 2.24. The minimum Gasteiger partial charge on any atom is -0.457 e. The summed E-state index contributed by atoms with van der Waals surface area (Å²) >= 11 is 0. The number of sulfonamides is 1. The molecule has 6 nitrogen and oxygen atoms in total. The van der Waals surface area contributed by atoms with Crippen LogP contribution in [0.3, 0.4) is 0 Å². The Morgan fingerprint density at radius 3 is 2.19 bits per heavy atom. The van der Waals surface area contributed by atoms with Gasteiger partial charge in [-0.15, -0.1) is 0 Å². The third kappa shape index (κ3) is 4.45. The Labute approximate surface area is 157 Å². The first-order chi connectivity index (χ1) is 12.8. The van der Waals surface area contributed by atoms with Crippen LogP contribution in [0.2, 0.25) is 0 Å². The smallest absolute Gasteiger partial charge is 0.261 e. The molecule has 3 N–H and O–H groups in total. The zero-order valence-electron chi connectivity index (χ0n) is 14.5. The van der Waals surface area contributed by atoms with Gasteiger partial charge in [0.1, 0.15) is 11.5 Å². The van der Waals surface area contributed by atoms with Crippen LogP contribution in [0.1, 0.15) is 15.9 Å². The summed E-state index contributed by atoms with van der Waals surface area (Å²) in [4.78, 5) is 11.4. The van der Waals surface area contributed by atoms with Crippen LogP contribution in [0.4, 0.5) is 5.69 Å². The second kappa shape index (κ2) is 7.51. The fourth-order valence-corrected chi connectivity index (χ4v) is 3.55. The number of aryl methyl sites for hydroxylation is 1. The maximum Gasteiger partial charge on any atom is 0.261 e. The average molecular weight is 382 g/mol. The van der Waals surface area contributed by atoms with Crippen LogP contribution < -0.4 is 15.2 Å². The van der Waals surface area contributed by atoms with E-state index in [1.54, 1.807) is 37.3 Å². The van der Waals surface area contributed by atoms with E-state index in [1.807, 2.05) is 30.3 Å². The Morgan fingerprint density at radius 1 is 0.926 bits per heavy atom. The minimum absolute atomic E-state index is 0.0356. The molecule has 0 aromatic heterocycles. The number of rotatable bonds is 6. The van der Waals surface area contributed by atoms with Gasteiger partial charge in [0.05, 0.1) is 4.90 Å². The highest BCUT2D eigenvalue weighted by molar-refractivity contribution is 7.92. The molecular weight excluding hydrogens is 364 g/mol. The standard InChI is InChI=1S/C20H18N2O4S/c1-14-7-12-18(13-19(14)20(21)23)27(24,25)22-15-8-10-17(11-9-15)26-16-5-3-2-4-6-16/h2-13,22H,1H3,(H2,21,23). The summed E-state index contributed by atoms with van der Waals surface area (Å²) < 4.78 is 33.3. The summed E-state index contributed by atoms with van der Waals surface area (Å²) in [5.74, 6) is 0.590. The van der Waals surface area contributed by atoms with Gasteiger partial charge in [-0.1, -0.05) is 24.3 Å². The van der Waals surface area contributed by atoms with Gasteiger partial charge >= 0.3 is 0 Å². The predicted octanol–water partition coefficient (Wildman–Crippen LogP) is 3.69. The van der Waals surface area contributed by atoms with Crippen LogP contribution in [0.15, 0.2) is 77.7 Å². The zero-order chi connectivity index (χ0) is 19.4. The Balaban J connectivity index is 1.78. The van der Waals surface area contributed by atoms with E-state index in [2.05, 4.69) is 4.72 Å². The first kappa shape index (κ1) is 18.5. The van der Waals surface area contributed by atoms with Gasteiger partial charge in [0.25, 0.3) is 10.0 Å². The third-order valence-electron chi connectivity index (χ3n) is 3.87. The largest absolute Gasteiger partial charge is 0.457 e. The molecule has 0 saturated carbocycles. The number of carbonyl (C=O) groups excluding carboxylic acids is 1. The van der Waals surface area contributed by atoms with E-state index in [0.29, 0.717) is 22.7 Å². The van der Waals surface area contributed by atoms with Crippen molar-refractivity contribution in [1.29, 1.82) is 0 Å². The van der Waals surface area contributed by atoms with Crippen molar-refractivity contribution >= 4 is 21.6 Å². The summed E-state index contributed by atoms with van der Waals surface area (Å²) in [6.45, 7) is 1.69. The van der Waals surface area contributed by atoms with E-state index in [0.717, 1.165) is 0 Å². The lowest BCUT2D eigenvalue weighted by molar-refractivity contribution is 0.0999. The topological polar surface area (TPSA) is 98.5 Å². The molecular formula is C20H18N2O4S. The Kier molecular flexibility index (Phi) is 5.14. The molecule has 0 bridgehead atoms. The fourth-order valence-electron chi connectivity index (χ4n) is 2.46. The summed E-state index contributed by atoms with van der Waals surface area (Å²) in [7, 11) is -3.86. The molecule has 27 heavy (non-hydrogen) atoms. The molecule has 0 aliphatic rings. The number of hydrogen-bond acceptors (Lipinski definition) is 4. The van der Waals surface area contributed by atoms with E-state index in [9.17, 15) is 13.2 Å². The average Bonchev–Trinajstić information content (AvgIpc) is 2.64. The van der Waals surface area contributed by atoms with Crippen molar-refractivity contribution in [2.75, 3.05) is 4.72 Å². The number of primary amides is 1. The number of anilines is 1. The van der Waals surface area contributed by atoms with E-state index >= 15 is 0 Å². The number of carbonyl (C=O) groups is 1.